The van der Waals surface area contributed by atoms with Crippen molar-refractivity contribution in [1.82, 2.24) is 9.88 Å². The fourth-order valence-electron chi connectivity index (χ4n) is 4.07. The predicted octanol–water partition coefficient (Wildman–Crippen LogP) is 2.70. The van der Waals surface area contributed by atoms with Crippen LogP contribution in [0, 0.1) is 0 Å². The molecule has 2 unspecified atom stereocenters. The number of carbonyl (C=O) groups excluding carboxylic acids is 2. The van der Waals surface area contributed by atoms with Crippen molar-refractivity contribution in [2.75, 3.05) is 27.4 Å². The molecule has 0 radical (unpaired) electrons. The zero-order valence-corrected chi connectivity index (χ0v) is 17.4. The van der Waals surface area contributed by atoms with Crippen LogP contribution in [0.4, 0.5) is 0 Å². The van der Waals surface area contributed by atoms with Crippen LogP contribution in [0.3, 0.4) is 0 Å². The zero-order chi connectivity index (χ0) is 22.0. The van der Waals surface area contributed by atoms with Gasteiger partial charge in [-0.2, -0.15) is 0 Å². The molecule has 2 aromatic rings. The van der Waals surface area contributed by atoms with Crippen molar-refractivity contribution in [2.45, 2.75) is 25.0 Å². The van der Waals surface area contributed by atoms with Gasteiger partial charge in [0, 0.05) is 19.3 Å². The summed E-state index contributed by atoms with van der Waals surface area (Å²) >= 11 is 0. The van der Waals surface area contributed by atoms with E-state index >= 15 is 0 Å². The van der Waals surface area contributed by atoms with E-state index in [0.29, 0.717) is 23.8 Å². The van der Waals surface area contributed by atoms with Crippen molar-refractivity contribution in [3.05, 3.63) is 59.4 Å². The van der Waals surface area contributed by atoms with Crippen molar-refractivity contribution in [2.24, 2.45) is 0 Å². The van der Waals surface area contributed by atoms with Crippen molar-refractivity contribution in [3.8, 4) is 11.5 Å². The van der Waals surface area contributed by atoms with E-state index in [1.165, 1.54) is 19.1 Å². The van der Waals surface area contributed by atoms with Crippen molar-refractivity contribution < 1.29 is 28.9 Å². The van der Waals surface area contributed by atoms with E-state index in [0.717, 1.165) is 12.8 Å². The molecule has 31 heavy (non-hydrogen) atoms. The van der Waals surface area contributed by atoms with E-state index < -0.39 is 17.7 Å². The molecule has 2 aliphatic rings. The first kappa shape index (κ1) is 20.9. The van der Waals surface area contributed by atoms with Crippen LogP contribution in [0.25, 0.3) is 5.76 Å². The van der Waals surface area contributed by atoms with Gasteiger partial charge in [-0.05, 0) is 43.2 Å². The Labute approximate surface area is 180 Å². The van der Waals surface area contributed by atoms with E-state index in [2.05, 4.69) is 4.98 Å². The average molecular weight is 424 g/mol. The van der Waals surface area contributed by atoms with Gasteiger partial charge in [0.15, 0.2) is 0 Å². The van der Waals surface area contributed by atoms with Gasteiger partial charge in [0.2, 0.25) is 0 Å². The first-order valence-corrected chi connectivity index (χ1v) is 10.1. The molecule has 1 aromatic carbocycles. The molecule has 2 saturated heterocycles. The number of ether oxygens (including phenoxy) is 3. The molecule has 8 heteroatoms. The number of pyridine rings is 1. The van der Waals surface area contributed by atoms with Crippen molar-refractivity contribution in [1.29, 1.82) is 0 Å². The lowest BCUT2D eigenvalue weighted by molar-refractivity contribution is -0.140. The van der Waals surface area contributed by atoms with E-state index in [1.54, 1.807) is 42.6 Å². The number of rotatable bonds is 6. The van der Waals surface area contributed by atoms with Crippen LogP contribution in [-0.4, -0.2) is 60.2 Å². The number of methoxy groups -OCH3 is 2. The summed E-state index contributed by atoms with van der Waals surface area (Å²) in [4.78, 5) is 31.9. The van der Waals surface area contributed by atoms with Crippen LogP contribution in [-0.2, 0) is 14.3 Å². The van der Waals surface area contributed by atoms with E-state index in [1.807, 2.05) is 0 Å². The number of hydrogen-bond donors (Lipinski definition) is 1. The lowest BCUT2D eigenvalue weighted by Gasteiger charge is -2.26. The monoisotopic (exact) mass is 424 g/mol. The summed E-state index contributed by atoms with van der Waals surface area (Å²) < 4.78 is 16.3. The highest BCUT2D eigenvalue weighted by molar-refractivity contribution is 6.46. The Hall–Kier alpha value is -3.39. The molecule has 1 amide bonds. The van der Waals surface area contributed by atoms with Gasteiger partial charge in [-0.3, -0.25) is 14.6 Å². The summed E-state index contributed by atoms with van der Waals surface area (Å²) in [7, 11) is 2.96. The third-order valence-corrected chi connectivity index (χ3v) is 5.59. The molecular weight excluding hydrogens is 400 g/mol. The highest BCUT2D eigenvalue weighted by atomic mass is 16.5. The maximum atomic E-state index is 13.1. The highest BCUT2D eigenvalue weighted by Crippen LogP contribution is 2.41. The van der Waals surface area contributed by atoms with Crippen LogP contribution in [0.15, 0.2) is 48.2 Å². The average Bonchev–Trinajstić information content (AvgIpc) is 3.41. The molecular formula is C23H24N2O6. The summed E-state index contributed by atoms with van der Waals surface area (Å²) in [5.74, 6) is -0.959. The molecule has 8 nitrogen and oxygen atoms in total. The second kappa shape index (κ2) is 8.77. The maximum Gasteiger partial charge on any atom is 0.295 e. The Morgan fingerprint density at radius 2 is 2.06 bits per heavy atom. The molecule has 2 fully saturated rings. The normalized spacial score (nSPS) is 22.7. The standard InChI is InChI=1S/C23H24N2O6/c1-29-14-8-9-18(30-2)16(12-14)21(26)19-20(17-7-3-4-10-24-17)25(23(28)22(19)27)13-15-6-5-11-31-15/h3-4,7-10,12,15,20,26H,5-6,11,13H2,1-2H3/b21-19+. The van der Waals surface area contributed by atoms with Gasteiger partial charge < -0.3 is 24.2 Å². The largest absolute Gasteiger partial charge is 0.507 e. The Bertz CT molecular complexity index is 1010. The Balaban J connectivity index is 1.86. The molecule has 0 aliphatic carbocycles. The third-order valence-electron chi connectivity index (χ3n) is 5.59. The van der Waals surface area contributed by atoms with Crippen LogP contribution < -0.4 is 9.47 Å². The fourth-order valence-corrected chi connectivity index (χ4v) is 4.07. The van der Waals surface area contributed by atoms with Crippen molar-refractivity contribution >= 4 is 17.4 Å². The Morgan fingerprint density at radius 1 is 1.23 bits per heavy atom. The molecule has 2 atom stereocenters. The summed E-state index contributed by atoms with van der Waals surface area (Å²) in [6.45, 7) is 0.877. The van der Waals surface area contributed by atoms with Crippen LogP contribution in [0.5, 0.6) is 11.5 Å². The summed E-state index contributed by atoms with van der Waals surface area (Å²) in [6.07, 6.45) is 3.15. The number of benzene rings is 1. The Kier molecular flexibility index (Phi) is 5.90. The SMILES string of the molecule is COc1ccc(OC)c(/C(O)=C2\C(=O)C(=O)N(CC3CCCO3)C2c2ccccn2)c1. The number of aromatic nitrogens is 1. The number of ketones is 1. The summed E-state index contributed by atoms with van der Waals surface area (Å²) in [5, 5.41) is 11.2. The lowest BCUT2D eigenvalue weighted by Crippen LogP contribution is -2.36. The van der Waals surface area contributed by atoms with Gasteiger partial charge in [-0.15, -0.1) is 0 Å². The van der Waals surface area contributed by atoms with Crippen LogP contribution in [0.1, 0.15) is 30.1 Å². The minimum atomic E-state index is -0.832. The number of aliphatic hydroxyl groups excluding tert-OH is 1. The van der Waals surface area contributed by atoms with Crippen molar-refractivity contribution in [3.63, 3.8) is 0 Å². The molecule has 1 aromatic heterocycles. The van der Waals surface area contributed by atoms with Crippen LogP contribution in [0.2, 0.25) is 0 Å². The third kappa shape index (κ3) is 3.86. The quantitative estimate of drug-likeness (QED) is 0.432. The summed E-state index contributed by atoms with van der Waals surface area (Å²) in [6, 6.07) is 9.31. The highest BCUT2D eigenvalue weighted by Gasteiger charge is 2.47. The molecule has 162 valence electrons. The molecule has 4 rings (SSSR count). The number of carbonyl (C=O) groups is 2. The van der Waals surface area contributed by atoms with Gasteiger partial charge in [0.1, 0.15) is 23.3 Å². The smallest absolute Gasteiger partial charge is 0.295 e. The van der Waals surface area contributed by atoms with Gasteiger partial charge in [0.05, 0.1) is 37.2 Å². The number of Topliss-reactive ketones (excluding diaryl/α,β-unsaturated/α-hetero) is 1. The number of aliphatic hydroxyl groups is 1. The lowest BCUT2D eigenvalue weighted by atomic mass is 9.97. The Morgan fingerprint density at radius 3 is 2.71 bits per heavy atom. The van der Waals surface area contributed by atoms with E-state index in [9.17, 15) is 14.7 Å². The second-order valence-corrected chi connectivity index (χ2v) is 7.41. The van der Waals surface area contributed by atoms with Crippen LogP contribution >= 0.6 is 0 Å². The minimum absolute atomic E-state index is 0.0340. The number of amides is 1. The van der Waals surface area contributed by atoms with Gasteiger partial charge in [-0.25, -0.2) is 0 Å². The first-order chi connectivity index (χ1) is 15.0. The van der Waals surface area contributed by atoms with Gasteiger partial charge in [-0.1, -0.05) is 6.07 Å². The molecule has 2 aliphatic heterocycles. The maximum absolute atomic E-state index is 13.1. The minimum Gasteiger partial charge on any atom is -0.507 e. The number of hydrogen-bond acceptors (Lipinski definition) is 7. The molecule has 0 spiro atoms. The molecule has 0 bridgehead atoms. The van der Waals surface area contributed by atoms with Gasteiger partial charge >= 0.3 is 0 Å². The topological polar surface area (TPSA) is 98.2 Å². The molecule has 0 saturated carbocycles. The summed E-state index contributed by atoms with van der Waals surface area (Å²) in [5.41, 5.74) is 0.717. The fraction of sp³-hybridized carbons (Fsp3) is 0.348. The molecule has 3 heterocycles. The van der Waals surface area contributed by atoms with E-state index in [-0.39, 0.29) is 29.5 Å². The number of nitrogens with zero attached hydrogens (tertiary/aromatic N) is 2. The predicted molar refractivity (Wildman–Crippen MR) is 112 cm³/mol. The number of likely N-dealkylation sites (tertiary alicyclic amines) is 1. The van der Waals surface area contributed by atoms with Gasteiger partial charge in [0.25, 0.3) is 11.7 Å². The second-order valence-electron chi connectivity index (χ2n) is 7.41. The first-order valence-electron chi connectivity index (χ1n) is 10.1. The van der Waals surface area contributed by atoms with E-state index in [4.69, 9.17) is 14.2 Å². The zero-order valence-electron chi connectivity index (χ0n) is 17.4. The molecule has 1 N–H and O–H groups in total.